The number of aliphatic carboxylic acids is 1. The van der Waals surface area contributed by atoms with Gasteiger partial charge in [0.2, 0.25) is 0 Å². The van der Waals surface area contributed by atoms with E-state index in [1.807, 2.05) is 0 Å². The van der Waals surface area contributed by atoms with Crippen molar-refractivity contribution in [1.29, 1.82) is 0 Å². The van der Waals surface area contributed by atoms with Crippen molar-refractivity contribution in [3.05, 3.63) is 12.2 Å². The summed E-state index contributed by atoms with van der Waals surface area (Å²) < 4.78 is 5.35. The lowest BCUT2D eigenvalue weighted by molar-refractivity contribution is -0.153. The molecule has 108 valence electrons. The van der Waals surface area contributed by atoms with Crippen molar-refractivity contribution in [2.75, 3.05) is 7.05 Å². The monoisotopic (exact) mass is 269 g/mol. The maximum atomic E-state index is 11.5. The maximum Gasteiger partial charge on any atom is 0.331 e. The van der Waals surface area contributed by atoms with Crippen molar-refractivity contribution in [2.24, 2.45) is 0 Å². The van der Waals surface area contributed by atoms with E-state index < -0.39 is 11.9 Å². The lowest BCUT2D eigenvalue weighted by Gasteiger charge is -2.53. The molecule has 5 nitrogen and oxygen atoms in total. The first-order chi connectivity index (χ1) is 8.54. The van der Waals surface area contributed by atoms with Gasteiger partial charge in [-0.25, -0.2) is 9.59 Å². The number of carbonyl (C=O) groups is 2. The van der Waals surface area contributed by atoms with Gasteiger partial charge in [-0.1, -0.05) is 0 Å². The van der Waals surface area contributed by atoms with Crippen LogP contribution in [0.15, 0.2) is 12.2 Å². The Bertz CT molecular complexity index is 380. The third-order valence-corrected chi connectivity index (χ3v) is 3.92. The molecular formula is C14H23NO4. The molecular weight excluding hydrogens is 246 g/mol. The molecule has 1 saturated heterocycles. The fraction of sp³-hybridized carbons (Fsp3) is 0.714. The number of esters is 1. The second-order valence-corrected chi connectivity index (χ2v) is 6.32. The molecule has 0 bridgehead atoms. The van der Waals surface area contributed by atoms with Crippen LogP contribution < -0.4 is 0 Å². The van der Waals surface area contributed by atoms with E-state index in [1.54, 1.807) is 0 Å². The standard InChI is InChI=1S/C14H23NO4/c1-13(2)8-10(9-14(3,4)15(13)5)19-12(18)7-6-11(16)17/h6-7,10H,8-9H2,1-5H3,(H,16,17)/b7-6+. The highest BCUT2D eigenvalue weighted by Gasteiger charge is 2.44. The van der Waals surface area contributed by atoms with Crippen LogP contribution in [0.1, 0.15) is 40.5 Å². The van der Waals surface area contributed by atoms with Crippen molar-refractivity contribution in [1.82, 2.24) is 4.90 Å². The van der Waals surface area contributed by atoms with Crippen LogP contribution in [0.4, 0.5) is 0 Å². The summed E-state index contributed by atoms with van der Waals surface area (Å²) in [6.07, 6.45) is 3.04. The van der Waals surface area contributed by atoms with E-state index in [1.165, 1.54) is 0 Å². The third-order valence-electron chi connectivity index (χ3n) is 3.92. The fourth-order valence-electron chi connectivity index (χ4n) is 2.71. The summed E-state index contributed by atoms with van der Waals surface area (Å²) in [6, 6.07) is 0. The highest BCUT2D eigenvalue weighted by atomic mass is 16.5. The molecule has 1 N–H and O–H groups in total. The van der Waals surface area contributed by atoms with Gasteiger partial charge in [0.25, 0.3) is 0 Å². The molecule has 0 amide bonds. The minimum absolute atomic E-state index is 0.0663. The normalized spacial score (nSPS) is 23.4. The number of hydrogen-bond donors (Lipinski definition) is 1. The number of carboxylic acid groups (broad SMARTS) is 1. The Morgan fingerprint density at radius 1 is 1.16 bits per heavy atom. The SMILES string of the molecule is CN1C(C)(C)CC(OC(=O)/C=C/C(=O)O)CC1(C)C. The Kier molecular flexibility index (Phi) is 4.40. The van der Waals surface area contributed by atoms with Gasteiger partial charge >= 0.3 is 11.9 Å². The second kappa shape index (κ2) is 5.33. The van der Waals surface area contributed by atoms with E-state index in [2.05, 4.69) is 39.6 Å². The molecule has 1 aliphatic rings. The highest BCUT2D eigenvalue weighted by molar-refractivity contribution is 5.90. The molecule has 1 heterocycles. The Balaban J connectivity index is 2.71. The van der Waals surface area contributed by atoms with Crippen LogP contribution in [-0.2, 0) is 14.3 Å². The van der Waals surface area contributed by atoms with Crippen LogP contribution in [-0.4, -0.2) is 46.2 Å². The molecule has 1 fully saturated rings. The minimum atomic E-state index is -1.15. The van der Waals surface area contributed by atoms with Crippen molar-refractivity contribution < 1.29 is 19.4 Å². The minimum Gasteiger partial charge on any atom is -0.478 e. The van der Waals surface area contributed by atoms with Crippen LogP contribution in [0.25, 0.3) is 0 Å². The Morgan fingerprint density at radius 3 is 2.05 bits per heavy atom. The Hall–Kier alpha value is -1.36. The molecule has 0 aromatic heterocycles. The molecule has 0 spiro atoms. The summed E-state index contributed by atoms with van der Waals surface area (Å²) in [5, 5.41) is 8.47. The van der Waals surface area contributed by atoms with E-state index in [9.17, 15) is 9.59 Å². The van der Waals surface area contributed by atoms with Crippen molar-refractivity contribution >= 4 is 11.9 Å². The van der Waals surface area contributed by atoms with Gasteiger partial charge in [-0.15, -0.1) is 0 Å². The van der Waals surface area contributed by atoms with Gasteiger partial charge in [-0.2, -0.15) is 0 Å². The van der Waals surface area contributed by atoms with Gasteiger partial charge in [-0.3, -0.25) is 4.90 Å². The van der Waals surface area contributed by atoms with E-state index in [0.717, 1.165) is 25.0 Å². The van der Waals surface area contributed by atoms with Crippen LogP contribution >= 0.6 is 0 Å². The Labute approximate surface area is 114 Å². The third kappa shape index (κ3) is 4.06. The summed E-state index contributed by atoms with van der Waals surface area (Å²) in [4.78, 5) is 24.2. The number of hydrogen-bond acceptors (Lipinski definition) is 4. The van der Waals surface area contributed by atoms with Crippen molar-refractivity contribution in [3.8, 4) is 0 Å². The zero-order valence-electron chi connectivity index (χ0n) is 12.3. The average Bonchev–Trinajstić information content (AvgIpc) is 2.22. The number of likely N-dealkylation sites (tertiary alicyclic amines) is 1. The Morgan fingerprint density at radius 2 is 1.63 bits per heavy atom. The number of carbonyl (C=O) groups excluding carboxylic acids is 1. The molecule has 0 atom stereocenters. The van der Waals surface area contributed by atoms with E-state index in [4.69, 9.17) is 9.84 Å². The molecule has 19 heavy (non-hydrogen) atoms. The molecule has 1 aliphatic heterocycles. The molecule has 0 radical (unpaired) electrons. The van der Waals surface area contributed by atoms with E-state index in [0.29, 0.717) is 0 Å². The molecule has 0 aromatic carbocycles. The summed E-state index contributed by atoms with van der Waals surface area (Å²) in [5.41, 5.74) is -0.133. The maximum absolute atomic E-state index is 11.5. The molecule has 5 heteroatoms. The van der Waals surface area contributed by atoms with Crippen LogP contribution in [0, 0.1) is 0 Å². The second-order valence-electron chi connectivity index (χ2n) is 6.32. The first-order valence-electron chi connectivity index (χ1n) is 6.40. The number of carboxylic acids is 1. The predicted molar refractivity (Wildman–Crippen MR) is 71.8 cm³/mol. The first kappa shape index (κ1) is 15.7. The topological polar surface area (TPSA) is 66.8 Å². The van der Waals surface area contributed by atoms with Crippen molar-refractivity contribution in [3.63, 3.8) is 0 Å². The first-order valence-corrected chi connectivity index (χ1v) is 6.40. The molecule has 0 aliphatic carbocycles. The van der Waals surface area contributed by atoms with Crippen LogP contribution in [0.5, 0.6) is 0 Å². The number of rotatable bonds is 3. The van der Waals surface area contributed by atoms with Crippen LogP contribution in [0.3, 0.4) is 0 Å². The number of piperidine rings is 1. The smallest absolute Gasteiger partial charge is 0.331 e. The van der Waals surface area contributed by atoms with Gasteiger partial charge in [0.1, 0.15) is 6.10 Å². The summed E-state index contributed by atoms with van der Waals surface area (Å²) in [7, 11) is 2.07. The lowest BCUT2D eigenvalue weighted by Crippen LogP contribution is -2.60. The molecule has 0 unspecified atom stereocenters. The van der Waals surface area contributed by atoms with Crippen LogP contribution in [0.2, 0.25) is 0 Å². The molecule has 0 saturated carbocycles. The number of nitrogens with zero attached hydrogens (tertiary/aromatic N) is 1. The van der Waals surface area contributed by atoms with Gasteiger partial charge in [-0.05, 0) is 34.7 Å². The molecule has 0 aromatic rings. The van der Waals surface area contributed by atoms with E-state index in [-0.39, 0.29) is 17.2 Å². The highest BCUT2D eigenvalue weighted by Crippen LogP contribution is 2.38. The summed E-state index contributed by atoms with van der Waals surface area (Å²) in [6.45, 7) is 8.45. The van der Waals surface area contributed by atoms with Gasteiger partial charge in [0.15, 0.2) is 0 Å². The quantitative estimate of drug-likeness (QED) is 0.625. The zero-order valence-corrected chi connectivity index (χ0v) is 12.3. The van der Waals surface area contributed by atoms with E-state index >= 15 is 0 Å². The van der Waals surface area contributed by atoms with Gasteiger partial charge in [0, 0.05) is 36.1 Å². The van der Waals surface area contributed by atoms with Crippen molar-refractivity contribution in [2.45, 2.75) is 57.7 Å². The predicted octanol–water partition coefficient (Wildman–Crippen LogP) is 1.82. The zero-order chi connectivity index (χ0) is 14.8. The average molecular weight is 269 g/mol. The summed E-state index contributed by atoms with van der Waals surface area (Å²) in [5.74, 6) is -1.75. The van der Waals surface area contributed by atoms with Gasteiger partial charge in [0.05, 0.1) is 0 Å². The fourth-order valence-corrected chi connectivity index (χ4v) is 2.71. The number of ether oxygens (including phenoxy) is 1. The molecule has 1 rings (SSSR count). The summed E-state index contributed by atoms with van der Waals surface area (Å²) >= 11 is 0. The van der Waals surface area contributed by atoms with Gasteiger partial charge < -0.3 is 9.84 Å². The largest absolute Gasteiger partial charge is 0.478 e. The lowest BCUT2D eigenvalue weighted by atomic mass is 9.79.